The van der Waals surface area contributed by atoms with Gasteiger partial charge in [-0.1, -0.05) is 24.6 Å². The van der Waals surface area contributed by atoms with Crippen LogP contribution in [0, 0.1) is 0 Å². The van der Waals surface area contributed by atoms with Crippen molar-refractivity contribution in [1.29, 1.82) is 0 Å². The van der Waals surface area contributed by atoms with Crippen molar-refractivity contribution in [3.05, 3.63) is 6.33 Å². The third-order valence-corrected chi connectivity index (χ3v) is 6.12. The van der Waals surface area contributed by atoms with E-state index in [4.69, 9.17) is 10.5 Å². The van der Waals surface area contributed by atoms with Crippen molar-refractivity contribution in [3.8, 4) is 0 Å². The molecule has 0 spiro atoms. The Labute approximate surface area is 148 Å². The molecule has 1 aliphatic carbocycles. The van der Waals surface area contributed by atoms with Crippen LogP contribution in [-0.2, 0) is 4.74 Å². The second-order valence-corrected chi connectivity index (χ2v) is 7.72. The number of anilines is 1. The van der Waals surface area contributed by atoms with E-state index in [1.165, 1.54) is 19.2 Å². The van der Waals surface area contributed by atoms with Crippen LogP contribution < -0.4 is 5.73 Å². The SMILES string of the molecule is Nc1ncnc2c1nc(SC1CCCC1)n2[C@@H]1O[C@H](CO)C(O)C1O. The fourth-order valence-electron chi connectivity index (χ4n) is 3.47. The Morgan fingerprint density at radius 3 is 2.68 bits per heavy atom. The number of nitrogens with two attached hydrogens (primary N) is 1. The van der Waals surface area contributed by atoms with Crippen LogP contribution in [0.25, 0.3) is 11.2 Å². The number of thioether (sulfide) groups is 1. The van der Waals surface area contributed by atoms with Gasteiger partial charge in [0, 0.05) is 5.25 Å². The molecule has 9 nitrogen and oxygen atoms in total. The summed E-state index contributed by atoms with van der Waals surface area (Å²) in [6.07, 6.45) is 1.78. The van der Waals surface area contributed by atoms with E-state index in [9.17, 15) is 15.3 Å². The molecule has 3 heterocycles. The van der Waals surface area contributed by atoms with Crippen molar-refractivity contribution < 1.29 is 20.1 Å². The van der Waals surface area contributed by atoms with E-state index in [0.717, 1.165) is 12.8 Å². The van der Waals surface area contributed by atoms with Crippen LogP contribution in [-0.4, -0.2) is 65.0 Å². The van der Waals surface area contributed by atoms with Crippen LogP contribution in [0.15, 0.2) is 11.5 Å². The number of ether oxygens (including phenoxy) is 1. The molecule has 0 aromatic carbocycles. The molecule has 0 radical (unpaired) electrons. The van der Waals surface area contributed by atoms with Gasteiger partial charge in [-0.2, -0.15) is 0 Å². The summed E-state index contributed by atoms with van der Waals surface area (Å²) in [5, 5.41) is 30.9. The number of hydrogen-bond donors (Lipinski definition) is 4. The maximum absolute atomic E-state index is 10.4. The maximum atomic E-state index is 10.4. The molecule has 5 N–H and O–H groups in total. The van der Waals surface area contributed by atoms with E-state index < -0.39 is 24.5 Å². The number of hydrogen-bond acceptors (Lipinski definition) is 9. The zero-order valence-electron chi connectivity index (χ0n) is 13.5. The van der Waals surface area contributed by atoms with E-state index in [0.29, 0.717) is 21.6 Å². The van der Waals surface area contributed by atoms with E-state index >= 15 is 0 Å². The Bertz CT molecular complexity index is 766. The van der Waals surface area contributed by atoms with Crippen molar-refractivity contribution >= 4 is 28.7 Å². The van der Waals surface area contributed by atoms with Gasteiger partial charge in [-0.05, 0) is 12.8 Å². The van der Waals surface area contributed by atoms with Gasteiger partial charge >= 0.3 is 0 Å². The van der Waals surface area contributed by atoms with Gasteiger partial charge in [0.05, 0.1) is 6.61 Å². The van der Waals surface area contributed by atoms with E-state index in [-0.39, 0.29) is 12.4 Å². The molecule has 2 aromatic heterocycles. The molecular weight excluding hydrogens is 346 g/mol. The maximum Gasteiger partial charge on any atom is 0.172 e. The third kappa shape index (κ3) is 2.87. The average Bonchev–Trinajstić information content (AvgIpc) is 3.30. The van der Waals surface area contributed by atoms with Gasteiger partial charge in [0.1, 0.15) is 24.6 Å². The van der Waals surface area contributed by atoms with Crippen LogP contribution in [0.5, 0.6) is 0 Å². The highest BCUT2D eigenvalue weighted by atomic mass is 32.2. The van der Waals surface area contributed by atoms with Gasteiger partial charge in [0.2, 0.25) is 0 Å². The zero-order chi connectivity index (χ0) is 17.6. The van der Waals surface area contributed by atoms with Gasteiger partial charge in [0.15, 0.2) is 28.4 Å². The second-order valence-electron chi connectivity index (χ2n) is 6.45. The standard InChI is InChI=1S/C15H21N5O4S/c16-12-9-13(18-6-17-12)20(14-11(23)10(22)8(5-21)24-14)15(19-9)25-7-3-1-2-4-7/h6-8,10-11,14,21-23H,1-5H2,(H2,16,17,18)/t8-,10?,11?,14-/m1/s1. The summed E-state index contributed by atoms with van der Waals surface area (Å²) >= 11 is 1.60. The summed E-state index contributed by atoms with van der Waals surface area (Å²) in [5.74, 6) is 0.253. The summed E-state index contributed by atoms with van der Waals surface area (Å²) < 4.78 is 7.36. The smallest absolute Gasteiger partial charge is 0.172 e. The Balaban J connectivity index is 1.78. The fourth-order valence-corrected chi connectivity index (χ4v) is 4.78. The number of fused-ring (bicyclic) bond motifs is 1. The molecule has 4 rings (SSSR count). The first-order valence-electron chi connectivity index (χ1n) is 8.37. The Hall–Kier alpha value is -1.46. The molecular formula is C15H21N5O4S. The van der Waals surface area contributed by atoms with E-state index in [1.807, 2.05) is 0 Å². The molecule has 2 fully saturated rings. The number of nitrogen functional groups attached to an aromatic ring is 1. The predicted molar refractivity (Wildman–Crippen MR) is 90.9 cm³/mol. The summed E-state index contributed by atoms with van der Waals surface area (Å²) in [6, 6.07) is 0. The monoisotopic (exact) mass is 367 g/mol. The molecule has 1 saturated heterocycles. The van der Waals surface area contributed by atoms with Crippen molar-refractivity contribution in [2.75, 3.05) is 12.3 Å². The van der Waals surface area contributed by atoms with Crippen molar-refractivity contribution in [1.82, 2.24) is 19.5 Å². The molecule has 0 bridgehead atoms. The minimum Gasteiger partial charge on any atom is -0.394 e. The molecule has 0 amide bonds. The summed E-state index contributed by atoms with van der Waals surface area (Å²) in [7, 11) is 0. The lowest BCUT2D eigenvalue weighted by molar-refractivity contribution is -0.0548. The number of aliphatic hydroxyl groups is 3. The van der Waals surface area contributed by atoms with Gasteiger partial charge < -0.3 is 25.8 Å². The lowest BCUT2D eigenvalue weighted by atomic mass is 10.1. The normalized spacial score (nSPS) is 30.5. The molecule has 1 aliphatic heterocycles. The fraction of sp³-hybridized carbons (Fsp3) is 0.667. The minimum atomic E-state index is -1.20. The van der Waals surface area contributed by atoms with E-state index in [1.54, 1.807) is 16.3 Å². The van der Waals surface area contributed by atoms with Crippen molar-refractivity contribution in [2.45, 2.75) is 60.6 Å². The van der Waals surface area contributed by atoms with Gasteiger partial charge in [-0.3, -0.25) is 4.57 Å². The number of aromatic nitrogens is 4. The molecule has 2 aliphatic rings. The first-order chi connectivity index (χ1) is 12.1. The molecule has 2 unspecified atom stereocenters. The van der Waals surface area contributed by atoms with E-state index in [2.05, 4.69) is 15.0 Å². The Kier molecular flexibility index (Phi) is 4.54. The minimum absolute atomic E-state index is 0.253. The molecule has 1 saturated carbocycles. The second kappa shape index (κ2) is 6.69. The lowest BCUT2D eigenvalue weighted by Crippen LogP contribution is -2.33. The van der Waals surface area contributed by atoms with Crippen LogP contribution in [0.2, 0.25) is 0 Å². The molecule has 2 aromatic rings. The van der Waals surface area contributed by atoms with Gasteiger partial charge in [-0.25, -0.2) is 15.0 Å². The largest absolute Gasteiger partial charge is 0.394 e. The number of rotatable bonds is 4. The summed E-state index contributed by atoms with van der Waals surface area (Å²) in [4.78, 5) is 12.8. The van der Waals surface area contributed by atoms with Crippen LogP contribution in [0.1, 0.15) is 31.9 Å². The third-order valence-electron chi connectivity index (χ3n) is 4.82. The highest BCUT2D eigenvalue weighted by Gasteiger charge is 2.45. The van der Waals surface area contributed by atoms with Crippen LogP contribution in [0.3, 0.4) is 0 Å². The highest BCUT2D eigenvalue weighted by Crippen LogP contribution is 2.40. The molecule has 10 heteroatoms. The molecule has 25 heavy (non-hydrogen) atoms. The van der Waals surface area contributed by atoms with Crippen LogP contribution in [0.4, 0.5) is 5.82 Å². The Morgan fingerprint density at radius 1 is 1.24 bits per heavy atom. The average molecular weight is 367 g/mol. The van der Waals surface area contributed by atoms with Gasteiger partial charge in [0.25, 0.3) is 0 Å². The number of imidazole rings is 1. The first-order valence-corrected chi connectivity index (χ1v) is 9.25. The summed E-state index contributed by atoms with van der Waals surface area (Å²) in [5.41, 5.74) is 6.82. The molecule has 4 atom stereocenters. The summed E-state index contributed by atoms with van der Waals surface area (Å²) in [6.45, 7) is -0.385. The number of aliphatic hydroxyl groups excluding tert-OH is 3. The van der Waals surface area contributed by atoms with Gasteiger partial charge in [-0.15, -0.1) is 0 Å². The van der Waals surface area contributed by atoms with Crippen LogP contribution >= 0.6 is 11.8 Å². The first kappa shape index (κ1) is 17.0. The lowest BCUT2D eigenvalue weighted by Gasteiger charge is -2.20. The predicted octanol–water partition coefficient (Wildman–Crippen LogP) is 0.0547. The van der Waals surface area contributed by atoms with Crippen molar-refractivity contribution in [3.63, 3.8) is 0 Å². The van der Waals surface area contributed by atoms with Crippen molar-refractivity contribution in [2.24, 2.45) is 0 Å². The quantitative estimate of drug-likeness (QED) is 0.590. The number of nitrogens with zero attached hydrogens (tertiary/aromatic N) is 4. The molecule has 136 valence electrons. The highest BCUT2D eigenvalue weighted by molar-refractivity contribution is 7.99. The Morgan fingerprint density at radius 2 is 2.00 bits per heavy atom. The zero-order valence-corrected chi connectivity index (χ0v) is 14.3. The topological polar surface area (TPSA) is 140 Å².